The summed E-state index contributed by atoms with van der Waals surface area (Å²) in [5.74, 6) is -0.906. The topological polar surface area (TPSA) is 46.4 Å². The van der Waals surface area contributed by atoms with Crippen LogP contribution in [0.2, 0.25) is 5.02 Å². The molecule has 0 bridgehead atoms. The number of carbonyl (C=O) groups excluding carboxylic acids is 1. The molecule has 3 rings (SSSR count). The fourth-order valence-corrected chi connectivity index (χ4v) is 2.45. The normalized spacial score (nSPS) is 10.9. The maximum atomic E-state index is 13.7. The third kappa shape index (κ3) is 3.36. The number of carbonyl (C=O) groups is 1. The Morgan fingerprint density at radius 3 is 2.58 bits per heavy atom. The third-order valence-corrected chi connectivity index (χ3v) is 3.72. The molecule has 0 aliphatic rings. The highest BCUT2D eigenvalue weighted by molar-refractivity contribution is 6.33. The molecular formula is C18H13ClFN3O. The first kappa shape index (κ1) is 16.0. The largest absolute Gasteiger partial charge is 0.323 e. The van der Waals surface area contributed by atoms with Crippen molar-refractivity contribution in [2.75, 3.05) is 0 Å². The van der Waals surface area contributed by atoms with Gasteiger partial charge in [0.25, 0.3) is 5.91 Å². The predicted octanol–water partition coefficient (Wildman–Crippen LogP) is 4.03. The van der Waals surface area contributed by atoms with Crippen molar-refractivity contribution in [2.24, 2.45) is 5.10 Å². The average Bonchev–Trinajstić information content (AvgIpc) is 3.12. The minimum atomic E-state index is -0.506. The highest BCUT2D eigenvalue weighted by Crippen LogP contribution is 2.17. The van der Waals surface area contributed by atoms with E-state index in [1.165, 1.54) is 18.3 Å². The predicted molar refractivity (Wildman–Crippen MR) is 92.2 cm³/mol. The first-order valence-electron chi connectivity index (χ1n) is 7.16. The number of para-hydroxylation sites is 1. The molecule has 24 heavy (non-hydrogen) atoms. The van der Waals surface area contributed by atoms with Crippen molar-refractivity contribution in [1.29, 1.82) is 0 Å². The Labute approximate surface area is 143 Å². The van der Waals surface area contributed by atoms with Crippen molar-refractivity contribution in [3.8, 4) is 5.69 Å². The summed E-state index contributed by atoms with van der Waals surface area (Å²) in [6.45, 7) is 0. The number of nitrogens with one attached hydrogen (secondary N) is 1. The summed E-state index contributed by atoms with van der Waals surface area (Å²) < 4.78 is 15.5. The summed E-state index contributed by atoms with van der Waals surface area (Å²) in [7, 11) is 0. The van der Waals surface area contributed by atoms with E-state index >= 15 is 0 Å². The van der Waals surface area contributed by atoms with Crippen LogP contribution < -0.4 is 5.43 Å². The maximum Gasteiger partial charge on any atom is 0.273 e. The van der Waals surface area contributed by atoms with Crippen LogP contribution in [0, 0.1) is 5.82 Å². The van der Waals surface area contributed by atoms with E-state index in [0.717, 1.165) is 5.69 Å². The number of hydrogen-bond acceptors (Lipinski definition) is 2. The van der Waals surface area contributed by atoms with Crippen LogP contribution >= 0.6 is 11.6 Å². The van der Waals surface area contributed by atoms with Crippen LogP contribution in [-0.2, 0) is 0 Å². The van der Waals surface area contributed by atoms with Gasteiger partial charge < -0.3 is 4.57 Å². The number of hydrazone groups is 1. The molecule has 0 unspecified atom stereocenters. The summed E-state index contributed by atoms with van der Waals surface area (Å²) in [5, 5.41) is 4.03. The third-order valence-electron chi connectivity index (χ3n) is 3.39. The van der Waals surface area contributed by atoms with E-state index in [-0.39, 0.29) is 10.6 Å². The quantitative estimate of drug-likeness (QED) is 0.565. The number of hydrogen-bond donors (Lipinski definition) is 1. The van der Waals surface area contributed by atoms with Crippen molar-refractivity contribution < 1.29 is 9.18 Å². The summed E-state index contributed by atoms with van der Waals surface area (Å²) >= 11 is 5.91. The van der Waals surface area contributed by atoms with Gasteiger partial charge in [0, 0.05) is 18.0 Å². The molecule has 0 saturated carbocycles. The van der Waals surface area contributed by atoms with Gasteiger partial charge in [0.2, 0.25) is 0 Å². The molecule has 0 spiro atoms. The van der Waals surface area contributed by atoms with Gasteiger partial charge in [0.15, 0.2) is 0 Å². The van der Waals surface area contributed by atoms with Crippen molar-refractivity contribution in [3.63, 3.8) is 0 Å². The monoisotopic (exact) mass is 341 g/mol. The molecule has 4 nitrogen and oxygen atoms in total. The summed E-state index contributed by atoms with van der Waals surface area (Å²) in [6.07, 6.45) is 4.87. The molecule has 6 heteroatoms. The highest BCUT2D eigenvalue weighted by Gasteiger charge is 2.11. The lowest BCUT2D eigenvalue weighted by Crippen LogP contribution is -2.19. The van der Waals surface area contributed by atoms with Crippen molar-refractivity contribution in [1.82, 2.24) is 9.99 Å². The van der Waals surface area contributed by atoms with Crippen LogP contribution in [0.5, 0.6) is 0 Å². The zero-order valence-corrected chi connectivity index (χ0v) is 13.2. The SMILES string of the molecule is O=C(NN=Cc1c(F)cccc1Cl)c1ccccc1-n1cccc1. The van der Waals surface area contributed by atoms with Crippen LogP contribution in [0.15, 0.2) is 72.1 Å². The second-order valence-corrected chi connectivity index (χ2v) is 5.35. The molecule has 0 aliphatic heterocycles. The molecule has 1 N–H and O–H groups in total. The summed E-state index contributed by atoms with van der Waals surface area (Å²) in [5.41, 5.74) is 3.69. The van der Waals surface area contributed by atoms with Crippen LogP contribution in [0.1, 0.15) is 15.9 Å². The molecule has 1 heterocycles. The molecule has 2 aromatic carbocycles. The summed E-state index contributed by atoms with van der Waals surface area (Å²) in [6, 6.07) is 15.2. The van der Waals surface area contributed by atoms with Gasteiger partial charge in [0.1, 0.15) is 5.82 Å². The van der Waals surface area contributed by atoms with Crippen LogP contribution in [0.25, 0.3) is 5.69 Å². The number of rotatable bonds is 4. The molecule has 0 radical (unpaired) electrons. The Morgan fingerprint density at radius 2 is 1.83 bits per heavy atom. The molecule has 1 aromatic heterocycles. The second-order valence-electron chi connectivity index (χ2n) is 4.94. The van der Waals surface area contributed by atoms with Gasteiger partial charge >= 0.3 is 0 Å². The van der Waals surface area contributed by atoms with Gasteiger partial charge in [-0.25, -0.2) is 9.82 Å². The van der Waals surface area contributed by atoms with Gasteiger partial charge in [-0.1, -0.05) is 29.8 Å². The lowest BCUT2D eigenvalue weighted by Gasteiger charge is -2.09. The van der Waals surface area contributed by atoms with Crippen molar-refractivity contribution in [2.45, 2.75) is 0 Å². The van der Waals surface area contributed by atoms with E-state index in [1.54, 1.807) is 18.2 Å². The number of amides is 1. The first-order valence-corrected chi connectivity index (χ1v) is 7.54. The Hall–Kier alpha value is -2.92. The molecule has 0 fully saturated rings. The van der Waals surface area contributed by atoms with Crippen LogP contribution in [0.4, 0.5) is 4.39 Å². The number of aromatic nitrogens is 1. The zero-order chi connectivity index (χ0) is 16.9. The first-order chi connectivity index (χ1) is 11.7. The Bertz CT molecular complexity index is 871. The molecule has 1 amide bonds. The van der Waals surface area contributed by atoms with E-state index < -0.39 is 11.7 Å². The highest BCUT2D eigenvalue weighted by atomic mass is 35.5. The minimum Gasteiger partial charge on any atom is -0.323 e. The lowest BCUT2D eigenvalue weighted by atomic mass is 10.1. The average molecular weight is 342 g/mol. The van der Waals surface area contributed by atoms with Crippen molar-refractivity contribution >= 4 is 23.7 Å². The number of benzene rings is 2. The number of nitrogens with zero attached hydrogens (tertiary/aromatic N) is 2. The zero-order valence-electron chi connectivity index (χ0n) is 12.5. The van der Waals surface area contributed by atoms with E-state index in [9.17, 15) is 9.18 Å². The molecule has 0 saturated heterocycles. The van der Waals surface area contributed by atoms with E-state index in [0.29, 0.717) is 5.56 Å². The molecule has 0 atom stereocenters. The van der Waals surface area contributed by atoms with Gasteiger partial charge in [-0.15, -0.1) is 0 Å². The second kappa shape index (κ2) is 7.10. The number of halogens is 2. The van der Waals surface area contributed by atoms with Crippen molar-refractivity contribution in [3.05, 3.63) is 89.0 Å². The maximum absolute atomic E-state index is 13.7. The molecular weight excluding hydrogens is 329 g/mol. The van der Waals surface area contributed by atoms with E-state index in [1.807, 2.05) is 41.2 Å². The molecule has 3 aromatic rings. The fourth-order valence-electron chi connectivity index (χ4n) is 2.24. The summed E-state index contributed by atoms with van der Waals surface area (Å²) in [4.78, 5) is 12.4. The molecule has 0 aliphatic carbocycles. The lowest BCUT2D eigenvalue weighted by molar-refractivity contribution is 0.0955. The Kier molecular flexibility index (Phi) is 4.72. The van der Waals surface area contributed by atoms with Gasteiger partial charge in [0.05, 0.1) is 22.5 Å². The Morgan fingerprint density at radius 1 is 1.08 bits per heavy atom. The van der Waals surface area contributed by atoms with Gasteiger partial charge in [-0.05, 0) is 36.4 Å². The minimum absolute atomic E-state index is 0.123. The Balaban J connectivity index is 1.81. The van der Waals surface area contributed by atoms with Gasteiger partial charge in [-0.3, -0.25) is 4.79 Å². The van der Waals surface area contributed by atoms with Crippen LogP contribution in [-0.4, -0.2) is 16.7 Å². The van der Waals surface area contributed by atoms with Crippen LogP contribution in [0.3, 0.4) is 0 Å². The van der Waals surface area contributed by atoms with E-state index in [2.05, 4.69) is 10.5 Å². The van der Waals surface area contributed by atoms with Gasteiger partial charge in [-0.2, -0.15) is 5.10 Å². The fraction of sp³-hybridized carbons (Fsp3) is 0. The molecule has 120 valence electrons. The van der Waals surface area contributed by atoms with E-state index in [4.69, 9.17) is 11.6 Å². The smallest absolute Gasteiger partial charge is 0.273 e. The standard InChI is InChI=1S/C18H13ClFN3O/c19-15-7-5-8-16(20)14(15)12-21-22-18(24)13-6-1-2-9-17(13)23-10-3-4-11-23/h1-12H,(H,22,24).